The number of hydrogen-bond donors (Lipinski definition) is 0. The van der Waals surface area contributed by atoms with Crippen LogP contribution in [0.5, 0.6) is 0 Å². The first-order valence-electron chi connectivity index (χ1n) is 6.38. The smallest absolute Gasteiger partial charge is 0.146 e. The van der Waals surface area contributed by atoms with Gasteiger partial charge in [-0.15, -0.1) is 0 Å². The van der Waals surface area contributed by atoms with E-state index in [1.807, 2.05) is 13.8 Å². The average Bonchev–Trinajstić information content (AvgIpc) is 2.39. The summed E-state index contributed by atoms with van der Waals surface area (Å²) in [7, 11) is 0. The summed E-state index contributed by atoms with van der Waals surface area (Å²) in [5, 5.41) is 0. The lowest BCUT2D eigenvalue weighted by Crippen LogP contribution is -2.12. The fourth-order valence-corrected chi connectivity index (χ4v) is 0.996. The first-order chi connectivity index (χ1) is 8.91. The van der Waals surface area contributed by atoms with E-state index in [1.165, 1.54) is 0 Å². The molecule has 0 bridgehead atoms. The van der Waals surface area contributed by atoms with E-state index in [9.17, 15) is 0 Å². The predicted molar refractivity (Wildman–Crippen MR) is 66.5 cm³/mol. The minimum Gasteiger partial charge on any atom is -0.379 e. The molecule has 0 fully saturated rings. The van der Waals surface area contributed by atoms with Crippen LogP contribution in [-0.2, 0) is 28.4 Å². The second kappa shape index (κ2) is 16.8. The molecule has 0 rings (SSSR count). The van der Waals surface area contributed by atoms with Gasteiger partial charge in [-0.3, -0.25) is 0 Å². The molecule has 0 spiro atoms. The maximum Gasteiger partial charge on any atom is 0.146 e. The molecule has 0 aliphatic rings. The SMILES string of the molecule is CCOCCOCOCCOCOCCOCC. The van der Waals surface area contributed by atoms with Crippen molar-refractivity contribution in [1.82, 2.24) is 0 Å². The molecule has 0 aliphatic carbocycles. The Labute approximate surface area is 109 Å². The third-order valence-corrected chi connectivity index (χ3v) is 1.86. The minimum absolute atomic E-state index is 0.266. The molecule has 0 amide bonds. The van der Waals surface area contributed by atoms with Gasteiger partial charge in [0.1, 0.15) is 13.6 Å². The van der Waals surface area contributed by atoms with Crippen LogP contribution < -0.4 is 0 Å². The van der Waals surface area contributed by atoms with Crippen LogP contribution in [0.2, 0.25) is 0 Å². The summed E-state index contributed by atoms with van der Waals surface area (Å²) in [5.41, 5.74) is 0. The van der Waals surface area contributed by atoms with Gasteiger partial charge in [-0.2, -0.15) is 0 Å². The van der Waals surface area contributed by atoms with Gasteiger partial charge in [-0.05, 0) is 13.8 Å². The molecule has 0 N–H and O–H groups in total. The predicted octanol–water partition coefficient (Wildman–Crippen LogP) is 1.04. The van der Waals surface area contributed by atoms with E-state index in [0.29, 0.717) is 52.9 Å². The quantitative estimate of drug-likeness (QED) is 0.326. The second-order valence-electron chi connectivity index (χ2n) is 3.26. The highest BCUT2D eigenvalue weighted by Gasteiger charge is 1.92. The van der Waals surface area contributed by atoms with E-state index >= 15 is 0 Å². The van der Waals surface area contributed by atoms with Gasteiger partial charge < -0.3 is 28.4 Å². The maximum atomic E-state index is 5.18. The first-order valence-corrected chi connectivity index (χ1v) is 6.38. The van der Waals surface area contributed by atoms with Crippen molar-refractivity contribution in [3.05, 3.63) is 0 Å². The van der Waals surface area contributed by atoms with Gasteiger partial charge in [-0.25, -0.2) is 0 Å². The highest BCUT2D eigenvalue weighted by molar-refractivity contribution is 4.28. The molecule has 0 aromatic heterocycles. The Morgan fingerprint density at radius 3 is 1.00 bits per heavy atom. The highest BCUT2D eigenvalue weighted by Crippen LogP contribution is 1.84. The van der Waals surface area contributed by atoms with E-state index in [-0.39, 0.29) is 13.6 Å². The van der Waals surface area contributed by atoms with Crippen molar-refractivity contribution in [1.29, 1.82) is 0 Å². The highest BCUT2D eigenvalue weighted by atomic mass is 16.7. The van der Waals surface area contributed by atoms with E-state index in [1.54, 1.807) is 0 Å². The minimum atomic E-state index is 0.266. The van der Waals surface area contributed by atoms with Crippen LogP contribution in [0.3, 0.4) is 0 Å². The first kappa shape index (κ1) is 17.8. The van der Waals surface area contributed by atoms with E-state index < -0.39 is 0 Å². The Hall–Kier alpha value is -0.240. The summed E-state index contributed by atoms with van der Waals surface area (Å²) in [6.45, 7) is 9.13. The molecular formula is C12H26O6. The molecule has 0 aromatic carbocycles. The van der Waals surface area contributed by atoms with Crippen LogP contribution in [0.25, 0.3) is 0 Å². The van der Waals surface area contributed by atoms with Crippen LogP contribution in [0.15, 0.2) is 0 Å². The van der Waals surface area contributed by atoms with Gasteiger partial charge in [0, 0.05) is 13.2 Å². The van der Waals surface area contributed by atoms with Crippen molar-refractivity contribution in [3.63, 3.8) is 0 Å². The lowest BCUT2D eigenvalue weighted by Gasteiger charge is -2.07. The second-order valence-corrected chi connectivity index (χ2v) is 3.26. The summed E-state index contributed by atoms with van der Waals surface area (Å²) in [4.78, 5) is 0. The summed E-state index contributed by atoms with van der Waals surface area (Å²) in [6, 6.07) is 0. The summed E-state index contributed by atoms with van der Waals surface area (Å²) >= 11 is 0. The molecule has 18 heavy (non-hydrogen) atoms. The van der Waals surface area contributed by atoms with Gasteiger partial charge in [0.15, 0.2) is 0 Å². The fraction of sp³-hybridized carbons (Fsp3) is 1.00. The van der Waals surface area contributed by atoms with Gasteiger partial charge in [0.2, 0.25) is 0 Å². The lowest BCUT2D eigenvalue weighted by atomic mass is 10.7. The van der Waals surface area contributed by atoms with Crippen molar-refractivity contribution in [2.24, 2.45) is 0 Å². The van der Waals surface area contributed by atoms with Crippen LogP contribution in [0.1, 0.15) is 13.8 Å². The zero-order valence-corrected chi connectivity index (χ0v) is 11.5. The van der Waals surface area contributed by atoms with Gasteiger partial charge >= 0.3 is 0 Å². The fourth-order valence-electron chi connectivity index (χ4n) is 0.996. The van der Waals surface area contributed by atoms with Crippen molar-refractivity contribution >= 4 is 0 Å². The van der Waals surface area contributed by atoms with Gasteiger partial charge in [-0.1, -0.05) is 0 Å². The monoisotopic (exact) mass is 266 g/mol. The van der Waals surface area contributed by atoms with Crippen LogP contribution in [0, 0.1) is 0 Å². The molecule has 0 aromatic rings. The number of ether oxygens (including phenoxy) is 6. The Bertz CT molecular complexity index is 129. The van der Waals surface area contributed by atoms with Crippen LogP contribution >= 0.6 is 0 Å². The Kier molecular flexibility index (Phi) is 16.5. The van der Waals surface area contributed by atoms with E-state index in [0.717, 1.165) is 0 Å². The van der Waals surface area contributed by atoms with Gasteiger partial charge in [0.05, 0.1) is 39.6 Å². The molecule has 0 saturated carbocycles. The zero-order chi connectivity index (χ0) is 13.3. The Morgan fingerprint density at radius 1 is 0.444 bits per heavy atom. The molecule has 0 saturated heterocycles. The molecule has 110 valence electrons. The van der Waals surface area contributed by atoms with E-state index in [4.69, 9.17) is 28.4 Å². The molecule has 6 nitrogen and oxygen atoms in total. The summed E-state index contributed by atoms with van der Waals surface area (Å²) in [5.74, 6) is 0. The molecule has 0 aliphatic heterocycles. The van der Waals surface area contributed by atoms with E-state index in [2.05, 4.69) is 0 Å². The molecule has 0 atom stereocenters. The Balaban J connectivity index is 2.86. The Morgan fingerprint density at radius 2 is 0.722 bits per heavy atom. The zero-order valence-electron chi connectivity index (χ0n) is 11.5. The maximum absolute atomic E-state index is 5.18. The van der Waals surface area contributed by atoms with Crippen LogP contribution in [0.4, 0.5) is 0 Å². The molecule has 0 radical (unpaired) electrons. The van der Waals surface area contributed by atoms with Crippen molar-refractivity contribution < 1.29 is 28.4 Å². The standard InChI is InChI=1S/C12H26O6/c1-3-13-5-7-15-11-17-9-10-18-12-16-8-6-14-4-2/h3-12H2,1-2H3. The summed E-state index contributed by atoms with van der Waals surface area (Å²) < 4.78 is 30.9. The normalized spacial score (nSPS) is 11.0. The van der Waals surface area contributed by atoms with Crippen molar-refractivity contribution in [2.45, 2.75) is 13.8 Å². The average molecular weight is 266 g/mol. The lowest BCUT2D eigenvalue weighted by molar-refractivity contribution is -0.108. The molecule has 6 heteroatoms. The largest absolute Gasteiger partial charge is 0.379 e. The van der Waals surface area contributed by atoms with Crippen LogP contribution in [-0.4, -0.2) is 66.4 Å². The molecule has 0 unspecified atom stereocenters. The third-order valence-electron chi connectivity index (χ3n) is 1.86. The topological polar surface area (TPSA) is 55.4 Å². The third kappa shape index (κ3) is 15.8. The molecular weight excluding hydrogens is 240 g/mol. The van der Waals surface area contributed by atoms with Crippen molar-refractivity contribution in [3.8, 4) is 0 Å². The number of hydrogen-bond acceptors (Lipinski definition) is 6. The number of rotatable bonds is 15. The van der Waals surface area contributed by atoms with Gasteiger partial charge in [0.25, 0.3) is 0 Å². The van der Waals surface area contributed by atoms with Crippen molar-refractivity contribution in [2.75, 3.05) is 66.4 Å². The summed E-state index contributed by atoms with van der Waals surface area (Å²) in [6.07, 6.45) is 0. The molecule has 0 heterocycles.